The molecule has 11 heteroatoms. The Labute approximate surface area is 294 Å². The molecule has 11 nitrogen and oxygen atoms in total. The molecule has 0 aromatic heterocycles. The number of hydrogen-bond donors (Lipinski definition) is 3. The third kappa shape index (κ3) is 11.0. The summed E-state index contributed by atoms with van der Waals surface area (Å²) >= 11 is 0. The fraction of sp³-hybridized carbons (Fsp3) is 0.737. The number of methoxy groups -OCH3 is 2. The van der Waals surface area contributed by atoms with Crippen LogP contribution < -0.4 is 10.6 Å². The molecule has 0 bridgehead atoms. The molecule has 1 heterocycles. The van der Waals surface area contributed by atoms with Gasteiger partial charge < -0.3 is 35.0 Å². The monoisotopic (exact) mass is 688 g/mol. The number of carboxylic acid groups (broad SMARTS) is 1. The third-order valence-electron chi connectivity index (χ3n) is 10.7. The molecule has 0 spiro atoms. The zero-order valence-corrected chi connectivity index (χ0v) is 31.8. The van der Waals surface area contributed by atoms with Gasteiger partial charge in [-0.3, -0.25) is 14.4 Å². The SMILES string of the molecule is CCC(C)c1ccc(C[C@H](NC(=O)[C@H](C)[C@@H](OC)[C@@H]2CCCN2C(=O)C[C@@H](OC)[C@H]([C@@H](C)CC)N(C)C(=O)[C@@H](NC)C(C)C)C(=O)O)cc1. The standard InChI is InChI=1S/C38H64N4O7/c1-12-24(5)28-18-16-27(17-19-28)21-29(38(46)47)40-36(44)26(7)35(49-11)30-15-14-20-42(30)32(43)22-31(48-10)34(25(6)13-2)41(9)37(45)33(39-8)23(3)4/h16-19,23-26,29-31,33-35,39H,12-15,20-22H2,1-11H3,(H,40,44)(H,46,47)/t24?,25-,26+,29-,30-,31+,33-,34-,35+/m0/s1. The molecule has 0 radical (unpaired) electrons. The van der Waals surface area contributed by atoms with Gasteiger partial charge in [0, 0.05) is 34.2 Å². The Hall–Kier alpha value is -3.02. The van der Waals surface area contributed by atoms with Gasteiger partial charge in [-0.25, -0.2) is 4.79 Å². The predicted molar refractivity (Wildman–Crippen MR) is 192 cm³/mol. The van der Waals surface area contributed by atoms with Crippen LogP contribution in [0.15, 0.2) is 24.3 Å². The highest BCUT2D eigenvalue weighted by molar-refractivity contribution is 5.86. The number of aliphatic carboxylic acids is 1. The van der Waals surface area contributed by atoms with E-state index in [1.54, 1.807) is 37.9 Å². The van der Waals surface area contributed by atoms with Gasteiger partial charge in [-0.2, -0.15) is 0 Å². The maximum Gasteiger partial charge on any atom is 0.326 e. The van der Waals surface area contributed by atoms with Gasteiger partial charge in [-0.15, -0.1) is 0 Å². The predicted octanol–water partition coefficient (Wildman–Crippen LogP) is 4.48. The second kappa shape index (κ2) is 20.0. The summed E-state index contributed by atoms with van der Waals surface area (Å²) < 4.78 is 11.8. The molecular weight excluding hydrogens is 624 g/mol. The molecule has 3 N–H and O–H groups in total. The molecule has 1 aromatic rings. The minimum atomic E-state index is -1.11. The lowest BCUT2D eigenvalue weighted by atomic mass is 9.89. The molecular formula is C38H64N4O7. The molecule has 1 saturated heterocycles. The van der Waals surface area contributed by atoms with E-state index in [0.717, 1.165) is 24.8 Å². The number of benzene rings is 1. The van der Waals surface area contributed by atoms with E-state index in [1.807, 2.05) is 38.1 Å². The molecule has 9 atom stereocenters. The van der Waals surface area contributed by atoms with Crippen molar-refractivity contribution in [1.82, 2.24) is 20.4 Å². The van der Waals surface area contributed by atoms with Crippen LogP contribution in [0, 0.1) is 17.8 Å². The molecule has 49 heavy (non-hydrogen) atoms. The summed E-state index contributed by atoms with van der Waals surface area (Å²) in [4.78, 5) is 56.8. The van der Waals surface area contributed by atoms with Crippen LogP contribution >= 0.6 is 0 Å². The van der Waals surface area contributed by atoms with Crippen molar-refractivity contribution in [2.24, 2.45) is 17.8 Å². The Morgan fingerprint density at radius 2 is 1.63 bits per heavy atom. The molecule has 2 rings (SSSR count). The highest BCUT2D eigenvalue weighted by Gasteiger charge is 2.43. The maximum absolute atomic E-state index is 14.0. The molecule has 1 fully saturated rings. The molecule has 1 aliphatic rings. The topological polar surface area (TPSA) is 138 Å². The zero-order valence-electron chi connectivity index (χ0n) is 31.8. The largest absolute Gasteiger partial charge is 0.480 e. The highest BCUT2D eigenvalue weighted by atomic mass is 16.5. The summed E-state index contributed by atoms with van der Waals surface area (Å²) in [5.41, 5.74) is 2.01. The number of carbonyl (C=O) groups is 4. The molecule has 3 amide bonds. The number of carbonyl (C=O) groups excluding carboxylic acids is 3. The Morgan fingerprint density at radius 3 is 2.12 bits per heavy atom. The number of nitrogens with one attached hydrogen (secondary N) is 2. The molecule has 1 aromatic carbocycles. The minimum Gasteiger partial charge on any atom is -0.480 e. The number of ether oxygens (including phenoxy) is 2. The normalized spacial score (nSPS) is 19.8. The van der Waals surface area contributed by atoms with Gasteiger partial charge in [-0.1, -0.05) is 79.2 Å². The van der Waals surface area contributed by atoms with Crippen LogP contribution in [0.2, 0.25) is 0 Å². The van der Waals surface area contributed by atoms with E-state index in [9.17, 15) is 24.3 Å². The maximum atomic E-state index is 14.0. The van der Waals surface area contributed by atoms with E-state index in [0.29, 0.717) is 18.9 Å². The van der Waals surface area contributed by atoms with Crippen LogP contribution in [-0.2, 0) is 35.1 Å². The Bertz CT molecular complexity index is 1210. The van der Waals surface area contributed by atoms with Crippen LogP contribution in [0.1, 0.15) is 97.6 Å². The van der Waals surface area contributed by atoms with Crippen molar-refractivity contribution in [3.63, 3.8) is 0 Å². The summed E-state index contributed by atoms with van der Waals surface area (Å²) in [6.07, 6.45) is 2.24. The number of likely N-dealkylation sites (N-methyl/N-ethyl adjacent to an activating group) is 2. The summed E-state index contributed by atoms with van der Waals surface area (Å²) in [5, 5.41) is 15.8. The summed E-state index contributed by atoms with van der Waals surface area (Å²) in [5.74, 6) is -1.88. The van der Waals surface area contributed by atoms with E-state index in [1.165, 1.54) is 12.7 Å². The first kappa shape index (κ1) is 42.1. The average molecular weight is 689 g/mol. The van der Waals surface area contributed by atoms with E-state index in [2.05, 4.69) is 38.3 Å². The van der Waals surface area contributed by atoms with Gasteiger partial charge in [0.1, 0.15) is 6.04 Å². The van der Waals surface area contributed by atoms with Crippen LogP contribution in [0.3, 0.4) is 0 Å². The first-order valence-corrected chi connectivity index (χ1v) is 18.1. The first-order chi connectivity index (χ1) is 23.2. The number of rotatable bonds is 20. The van der Waals surface area contributed by atoms with Gasteiger partial charge in [0.05, 0.1) is 42.7 Å². The number of likely N-dealkylation sites (tertiary alicyclic amines) is 1. The second-order valence-corrected chi connectivity index (χ2v) is 14.3. The second-order valence-electron chi connectivity index (χ2n) is 14.3. The first-order valence-electron chi connectivity index (χ1n) is 18.1. The van der Waals surface area contributed by atoms with Crippen molar-refractivity contribution < 1.29 is 33.8 Å². The van der Waals surface area contributed by atoms with Crippen LogP contribution in [-0.4, -0.2) is 110 Å². The molecule has 0 aliphatic carbocycles. The quantitative estimate of drug-likeness (QED) is 0.183. The van der Waals surface area contributed by atoms with E-state index < -0.39 is 36.0 Å². The van der Waals surface area contributed by atoms with Gasteiger partial charge in [-0.05, 0) is 55.2 Å². The number of carboxylic acids is 1. The van der Waals surface area contributed by atoms with Gasteiger partial charge in [0.2, 0.25) is 17.7 Å². The van der Waals surface area contributed by atoms with Crippen molar-refractivity contribution in [2.45, 2.75) is 129 Å². The van der Waals surface area contributed by atoms with Crippen LogP contribution in [0.25, 0.3) is 0 Å². The average Bonchev–Trinajstić information content (AvgIpc) is 3.57. The van der Waals surface area contributed by atoms with Crippen molar-refractivity contribution in [1.29, 1.82) is 0 Å². The van der Waals surface area contributed by atoms with Gasteiger partial charge >= 0.3 is 5.97 Å². The van der Waals surface area contributed by atoms with Crippen molar-refractivity contribution in [2.75, 3.05) is 34.9 Å². The highest BCUT2D eigenvalue weighted by Crippen LogP contribution is 2.30. The lowest BCUT2D eigenvalue weighted by Gasteiger charge is -2.40. The van der Waals surface area contributed by atoms with Gasteiger partial charge in [0.25, 0.3) is 0 Å². The number of nitrogens with zero attached hydrogens (tertiary/aromatic N) is 2. The smallest absolute Gasteiger partial charge is 0.326 e. The van der Waals surface area contributed by atoms with E-state index in [4.69, 9.17) is 9.47 Å². The van der Waals surface area contributed by atoms with Gasteiger partial charge in [0.15, 0.2) is 0 Å². The van der Waals surface area contributed by atoms with Crippen LogP contribution in [0.4, 0.5) is 0 Å². The zero-order chi connectivity index (χ0) is 37.0. The number of amides is 3. The van der Waals surface area contributed by atoms with Crippen molar-refractivity contribution in [3.8, 4) is 0 Å². The Kier molecular flexibility index (Phi) is 17.2. The summed E-state index contributed by atoms with van der Waals surface area (Å²) in [7, 11) is 6.66. The lowest BCUT2D eigenvalue weighted by molar-refractivity contribution is -0.147. The van der Waals surface area contributed by atoms with E-state index in [-0.39, 0.29) is 54.6 Å². The minimum absolute atomic E-state index is 0.0431. The van der Waals surface area contributed by atoms with Crippen LogP contribution in [0.5, 0.6) is 0 Å². The molecule has 1 aliphatic heterocycles. The van der Waals surface area contributed by atoms with Crippen molar-refractivity contribution in [3.05, 3.63) is 35.4 Å². The fourth-order valence-electron chi connectivity index (χ4n) is 7.22. The fourth-order valence-corrected chi connectivity index (χ4v) is 7.22. The summed E-state index contributed by atoms with van der Waals surface area (Å²) in [6, 6.07) is 5.69. The van der Waals surface area contributed by atoms with Crippen molar-refractivity contribution >= 4 is 23.7 Å². The molecule has 1 unspecified atom stereocenters. The lowest BCUT2D eigenvalue weighted by Crippen LogP contribution is -2.56. The molecule has 278 valence electrons. The summed E-state index contributed by atoms with van der Waals surface area (Å²) in [6.45, 7) is 14.6. The third-order valence-corrected chi connectivity index (χ3v) is 10.7. The Morgan fingerprint density at radius 1 is 1.00 bits per heavy atom. The van der Waals surface area contributed by atoms with E-state index >= 15 is 0 Å². The Balaban J connectivity index is 2.21. The number of hydrogen-bond acceptors (Lipinski definition) is 7. The molecule has 0 saturated carbocycles.